The van der Waals surface area contributed by atoms with Gasteiger partial charge in [0.05, 0.1) is 12.2 Å². The zero-order valence-electron chi connectivity index (χ0n) is 15.3. The van der Waals surface area contributed by atoms with Gasteiger partial charge in [-0.2, -0.15) is 13.2 Å². The van der Waals surface area contributed by atoms with Crippen LogP contribution in [0.3, 0.4) is 0 Å². The third-order valence-corrected chi connectivity index (χ3v) is 4.30. The van der Waals surface area contributed by atoms with E-state index in [9.17, 15) is 22.8 Å². The minimum atomic E-state index is -4.49. The van der Waals surface area contributed by atoms with Crippen LogP contribution in [0.5, 0.6) is 0 Å². The van der Waals surface area contributed by atoms with Gasteiger partial charge in [-0.05, 0) is 34.5 Å². The highest BCUT2D eigenvalue weighted by molar-refractivity contribution is 6.08. The standard InChI is InChI=1S/C22H18F3NO3/c23-22(24,25)14-26-20(27)18-11-5-10-15-8-4-9-16(19(15)18)12-13-29-21(28)17-6-2-1-3-7-17/h1-11H,12-14H2,(H,26,27). The van der Waals surface area contributed by atoms with E-state index in [0.717, 1.165) is 5.39 Å². The van der Waals surface area contributed by atoms with Gasteiger partial charge >= 0.3 is 12.1 Å². The number of amides is 1. The van der Waals surface area contributed by atoms with E-state index in [1.54, 1.807) is 60.7 Å². The van der Waals surface area contributed by atoms with Gasteiger partial charge in [0.1, 0.15) is 6.54 Å². The van der Waals surface area contributed by atoms with Crippen molar-refractivity contribution >= 4 is 22.6 Å². The Morgan fingerprint density at radius 3 is 2.28 bits per heavy atom. The van der Waals surface area contributed by atoms with E-state index in [0.29, 0.717) is 22.9 Å². The van der Waals surface area contributed by atoms with Gasteiger partial charge in [-0.15, -0.1) is 0 Å². The maximum absolute atomic E-state index is 12.4. The second kappa shape index (κ2) is 8.77. The Morgan fingerprint density at radius 1 is 0.897 bits per heavy atom. The van der Waals surface area contributed by atoms with Gasteiger partial charge in [0.15, 0.2) is 0 Å². The predicted molar refractivity (Wildman–Crippen MR) is 103 cm³/mol. The first-order valence-corrected chi connectivity index (χ1v) is 8.93. The molecule has 1 amide bonds. The molecule has 7 heteroatoms. The lowest BCUT2D eigenvalue weighted by Gasteiger charge is -2.13. The van der Waals surface area contributed by atoms with Gasteiger partial charge in [-0.3, -0.25) is 4.79 Å². The van der Waals surface area contributed by atoms with Crippen LogP contribution in [-0.2, 0) is 11.2 Å². The normalized spacial score (nSPS) is 11.3. The first-order chi connectivity index (χ1) is 13.8. The second-order valence-electron chi connectivity index (χ2n) is 6.37. The van der Waals surface area contributed by atoms with Gasteiger partial charge in [0.2, 0.25) is 0 Å². The average molecular weight is 401 g/mol. The van der Waals surface area contributed by atoms with Crippen LogP contribution in [0.4, 0.5) is 13.2 Å². The van der Waals surface area contributed by atoms with Crippen molar-refractivity contribution in [2.75, 3.05) is 13.2 Å². The van der Waals surface area contributed by atoms with E-state index in [4.69, 9.17) is 4.74 Å². The number of hydrogen-bond acceptors (Lipinski definition) is 3. The van der Waals surface area contributed by atoms with Crippen LogP contribution in [0, 0.1) is 0 Å². The van der Waals surface area contributed by atoms with E-state index in [-0.39, 0.29) is 12.2 Å². The van der Waals surface area contributed by atoms with Crippen LogP contribution in [0.2, 0.25) is 0 Å². The number of nitrogens with one attached hydrogen (secondary N) is 1. The van der Waals surface area contributed by atoms with Crippen molar-refractivity contribution in [1.82, 2.24) is 5.32 Å². The molecular formula is C22H18F3NO3. The van der Waals surface area contributed by atoms with Crippen molar-refractivity contribution < 1.29 is 27.5 Å². The molecule has 0 unspecified atom stereocenters. The zero-order valence-corrected chi connectivity index (χ0v) is 15.3. The Balaban J connectivity index is 1.77. The first kappa shape index (κ1) is 20.4. The van der Waals surface area contributed by atoms with E-state index >= 15 is 0 Å². The van der Waals surface area contributed by atoms with Gasteiger partial charge in [-0.25, -0.2) is 4.79 Å². The minimum Gasteiger partial charge on any atom is -0.462 e. The fourth-order valence-corrected chi connectivity index (χ4v) is 3.00. The smallest absolute Gasteiger partial charge is 0.405 e. The number of carbonyl (C=O) groups is 2. The van der Waals surface area contributed by atoms with Crippen LogP contribution in [0.1, 0.15) is 26.3 Å². The van der Waals surface area contributed by atoms with E-state index in [2.05, 4.69) is 0 Å². The molecule has 0 spiro atoms. The highest BCUT2D eigenvalue weighted by Crippen LogP contribution is 2.24. The van der Waals surface area contributed by atoms with Crippen LogP contribution in [-0.4, -0.2) is 31.2 Å². The Hall–Kier alpha value is -3.35. The summed E-state index contributed by atoms with van der Waals surface area (Å²) in [6, 6.07) is 18.7. The van der Waals surface area contributed by atoms with Crippen molar-refractivity contribution in [3.05, 3.63) is 83.4 Å². The molecule has 0 aliphatic rings. The molecule has 29 heavy (non-hydrogen) atoms. The van der Waals surface area contributed by atoms with Crippen molar-refractivity contribution in [1.29, 1.82) is 0 Å². The summed E-state index contributed by atoms with van der Waals surface area (Å²) in [5.74, 6) is -1.27. The molecule has 0 aliphatic carbocycles. The number of carbonyl (C=O) groups excluding carboxylic acids is 2. The van der Waals surface area contributed by atoms with E-state index in [1.807, 2.05) is 5.32 Å². The van der Waals surface area contributed by atoms with Crippen LogP contribution >= 0.6 is 0 Å². The van der Waals surface area contributed by atoms with Crippen molar-refractivity contribution in [2.24, 2.45) is 0 Å². The lowest BCUT2D eigenvalue weighted by atomic mass is 9.97. The Kier molecular flexibility index (Phi) is 6.16. The quantitative estimate of drug-likeness (QED) is 0.618. The molecule has 3 aromatic rings. The molecule has 0 aromatic heterocycles. The molecule has 0 bridgehead atoms. The highest BCUT2D eigenvalue weighted by atomic mass is 19.4. The molecule has 0 atom stereocenters. The van der Waals surface area contributed by atoms with Crippen LogP contribution in [0.25, 0.3) is 10.8 Å². The van der Waals surface area contributed by atoms with Crippen LogP contribution < -0.4 is 5.32 Å². The topological polar surface area (TPSA) is 55.4 Å². The number of hydrogen-bond donors (Lipinski definition) is 1. The predicted octanol–water partition coefficient (Wildman–Crippen LogP) is 4.53. The molecular weight excluding hydrogens is 383 g/mol. The molecule has 150 valence electrons. The Morgan fingerprint density at radius 2 is 1.59 bits per heavy atom. The molecule has 3 rings (SSSR count). The third kappa shape index (κ3) is 5.34. The summed E-state index contributed by atoms with van der Waals surface area (Å²) in [4.78, 5) is 24.4. The maximum atomic E-state index is 12.4. The molecule has 4 nitrogen and oxygen atoms in total. The fourth-order valence-electron chi connectivity index (χ4n) is 3.00. The number of esters is 1. The maximum Gasteiger partial charge on any atom is 0.405 e. The van der Waals surface area contributed by atoms with Crippen molar-refractivity contribution in [2.45, 2.75) is 12.6 Å². The number of halogens is 3. The van der Waals surface area contributed by atoms with Gasteiger partial charge in [0, 0.05) is 12.0 Å². The summed E-state index contributed by atoms with van der Waals surface area (Å²) in [5, 5.41) is 3.17. The largest absolute Gasteiger partial charge is 0.462 e. The lowest BCUT2D eigenvalue weighted by Crippen LogP contribution is -2.33. The van der Waals surface area contributed by atoms with Gasteiger partial charge in [0.25, 0.3) is 5.91 Å². The SMILES string of the molecule is O=C(OCCc1cccc2cccc(C(=O)NCC(F)(F)F)c12)c1ccccc1. The number of ether oxygens (including phenoxy) is 1. The lowest BCUT2D eigenvalue weighted by molar-refractivity contribution is -0.123. The Bertz CT molecular complexity index is 1010. The molecule has 3 aromatic carbocycles. The molecule has 0 saturated heterocycles. The van der Waals surface area contributed by atoms with E-state index < -0.39 is 24.6 Å². The van der Waals surface area contributed by atoms with E-state index in [1.165, 1.54) is 6.07 Å². The monoisotopic (exact) mass is 401 g/mol. The summed E-state index contributed by atoms with van der Waals surface area (Å²) in [6.45, 7) is -1.33. The summed E-state index contributed by atoms with van der Waals surface area (Å²) in [5.41, 5.74) is 1.29. The number of alkyl halides is 3. The van der Waals surface area contributed by atoms with Crippen molar-refractivity contribution in [3.8, 4) is 0 Å². The highest BCUT2D eigenvalue weighted by Gasteiger charge is 2.28. The Labute approximate surface area is 165 Å². The molecule has 1 N–H and O–H groups in total. The third-order valence-electron chi connectivity index (χ3n) is 4.30. The number of rotatable bonds is 6. The first-order valence-electron chi connectivity index (χ1n) is 8.93. The summed E-state index contributed by atoms with van der Waals surface area (Å²) >= 11 is 0. The van der Waals surface area contributed by atoms with Crippen molar-refractivity contribution in [3.63, 3.8) is 0 Å². The molecule has 0 heterocycles. The average Bonchev–Trinajstić information content (AvgIpc) is 2.71. The molecule has 0 radical (unpaired) electrons. The molecule has 0 fully saturated rings. The fraction of sp³-hybridized carbons (Fsp3) is 0.182. The molecule has 0 saturated carbocycles. The summed E-state index contributed by atoms with van der Waals surface area (Å²) < 4.78 is 42.6. The second-order valence-corrected chi connectivity index (χ2v) is 6.37. The molecule has 0 aliphatic heterocycles. The zero-order chi connectivity index (χ0) is 20.9. The summed E-state index contributed by atoms with van der Waals surface area (Å²) in [6.07, 6.45) is -4.17. The number of fused-ring (bicyclic) bond motifs is 1. The van der Waals surface area contributed by atoms with Gasteiger partial charge < -0.3 is 10.1 Å². The number of benzene rings is 3. The van der Waals surface area contributed by atoms with Gasteiger partial charge in [-0.1, -0.05) is 48.5 Å². The minimum absolute atomic E-state index is 0.0747. The summed E-state index contributed by atoms with van der Waals surface area (Å²) in [7, 11) is 0. The van der Waals surface area contributed by atoms with Crippen LogP contribution in [0.15, 0.2) is 66.7 Å².